The molecule has 0 saturated carbocycles. The number of nitrogens with two attached hydrogens (primary N) is 2. The van der Waals surface area contributed by atoms with Crippen molar-refractivity contribution >= 4 is 17.7 Å². The van der Waals surface area contributed by atoms with Gasteiger partial charge in [-0.1, -0.05) is 6.92 Å². The second-order valence-electron chi connectivity index (χ2n) is 7.45. The highest BCUT2D eigenvalue weighted by molar-refractivity contribution is 5.90. The van der Waals surface area contributed by atoms with Gasteiger partial charge in [-0.3, -0.25) is 4.99 Å². The average Bonchev–Trinajstić information content (AvgIpc) is 3.16. The van der Waals surface area contributed by atoms with Crippen molar-refractivity contribution in [2.75, 3.05) is 12.8 Å². The number of halogens is 1. The van der Waals surface area contributed by atoms with E-state index < -0.39 is 6.10 Å². The number of aliphatic imine (C=N–C) groups is 1. The van der Waals surface area contributed by atoms with Gasteiger partial charge in [0.15, 0.2) is 11.6 Å². The molecule has 3 aromatic rings. The predicted octanol–water partition coefficient (Wildman–Crippen LogP) is 3.75. The third kappa shape index (κ3) is 3.76. The van der Waals surface area contributed by atoms with Crippen LogP contribution in [0.5, 0.6) is 5.75 Å². The van der Waals surface area contributed by atoms with Crippen LogP contribution < -0.4 is 16.2 Å². The van der Waals surface area contributed by atoms with Gasteiger partial charge in [0, 0.05) is 47.4 Å². The zero-order chi connectivity index (χ0) is 22.1. The van der Waals surface area contributed by atoms with Gasteiger partial charge in [-0.15, -0.1) is 0 Å². The van der Waals surface area contributed by atoms with Crippen LogP contribution in [0.25, 0.3) is 17.0 Å². The van der Waals surface area contributed by atoms with Gasteiger partial charge in [0.25, 0.3) is 0 Å². The summed E-state index contributed by atoms with van der Waals surface area (Å²) in [7, 11) is 1.69. The lowest BCUT2D eigenvalue weighted by Gasteiger charge is -2.22. The summed E-state index contributed by atoms with van der Waals surface area (Å²) < 4.78 is 22.3. The number of aryl methyl sites for hydroxylation is 1. The van der Waals surface area contributed by atoms with E-state index >= 15 is 0 Å². The minimum Gasteiger partial charge on any atom is -0.482 e. The Morgan fingerprint density at radius 1 is 1.29 bits per heavy atom. The first-order valence-electron chi connectivity index (χ1n) is 10.1. The highest BCUT2D eigenvalue weighted by atomic mass is 19.1. The third-order valence-electron chi connectivity index (χ3n) is 5.42. The summed E-state index contributed by atoms with van der Waals surface area (Å²) in [5.74, 6) is 0.315. The van der Waals surface area contributed by atoms with Gasteiger partial charge < -0.3 is 20.8 Å². The molecule has 0 saturated heterocycles. The number of anilines is 1. The molecule has 1 unspecified atom stereocenters. The molecule has 1 aliphatic rings. The van der Waals surface area contributed by atoms with Gasteiger partial charge in [-0.25, -0.2) is 14.4 Å². The fraction of sp³-hybridized carbons (Fsp3) is 0.261. The summed E-state index contributed by atoms with van der Waals surface area (Å²) >= 11 is 0. The van der Waals surface area contributed by atoms with E-state index in [1.165, 1.54) is 12.1 Å². The van der Waals surface area contributed by atoms with Crippen molar-refractivity contribution < 1.29 is 9.13 Å². The molecular weight excluding hydrogens is 395 g/mol. The molecule has 2 bridgehead atoms. The summed E-state index contributed by atoms with van der Waals surface area (Å²) in [4.78, 5) is 13.1. The number of nitrogen functional groups attached to an aromatic ring is 1. The summed E-state index contributed by atoms with van der Waals surface area (Å²) in [5, 5.41) is 0. The van der Waals surface area contributed by atoms with Gasteiger partial charge in [0.05, 0.1) is 24.3 Å². The van der Waals surface area contributed by atoms with E-state index in [0.717, 1.165) is 28.9 Å². The average molecular weight is 420 g/mol. The minimum absolute atomic E-state index is 0.261. The molecule has 0 amide bonds. The molecule has 0 spiro atoms. The summed E-state index contributed by atoms with van der Waals surface area (Å²) in [6.45, 7) is 4.32. The first-order valence-corrected chi connectivity index (χ1v) is 10.1. The molecule has 0 fully saturated rings. The van der Waals surface area contributed by atoms with Gasteiger partial charge in [0.2, 0.25) is 0 Å². The number of ether oxygens (including phenoxy) is 1. The molecule has 1 aliphatic heterocycles. The number of allylic oxidation sites excluding steroid dienone is 1. The van der Waals surface area contributed by atoms with Crippen molar-refractivity contribution in [1.29, 1.82) is 0 Å². The van der Waals surface area contributed by atoms with Crippen LogP contribution in [0.2, 0.25) is 0 Å². The van der Waals surface area contributed by atoms with Gasteiger partial charge >= 0.3 is 0 Å². The number of rotatable bonds is 2. The zero-order valence-electron chi connectivity index (χ0n) is 17.8. The Morgan fingerprint density at radius 3 is 2.84 bits per heavy atom. The number of pyridine rings is 1. The SMILES string of the molecule is CCc1ncn2c1-c1cnc(N)c(c1)OC(C)c1cc(F)ccc1C(N)=C(C=NC)C2. The van der Waals surface area contributed by atoms with Crippen molar-refractivity contribution in [2.45, 2.75) is 32.9 Å². The molecule has 160 valence electrons. The first-order chi connectivity index (χ1) is 14.9. The Kier molecular flexibility index (Phi) is 5.46. The predicted molar refractivity (Wildman–Crippen MR) is 120 cm³/mol. The van der Waals surface area contributed by atoms with E-state index in [0.29, 0.717) is 29.1 Å². The number of imidazole rings is 1. The minimum atomic E-state index is -0.515. The van der Waals surface area contributed by atoms with Crippen molar-refractivity contribution in [3.8, 4) is 17.0 Å². The highest BCUT2D eigenvalue weighted by Crippen LogP contribution is 2.35. The smallest absolute Gasteiger partial charge is 0.166 e. The Hall–Kier alpha value is -3.68. The third-order valence-corrected chi connectivity index (χ3v) is 5.42. The number of aromatic nitrogens is 3. The lowest BCUT2D eigenvalue weighted by atomic mass is 9.97. The largest absolute Gasteiger partial charge is 0.482 e. The van der Waals surface area contributed by atoms with Crippen LogP contribution in [0.15, 0.2) is 47.4 Å². The topological polar surface area (TPSA) is 104 Å². The Labute approximate surface area is 180 Å². The van der Waals surface area contributed by atoms with E-state index in [-0.39, 0.29) is 11.6 Å². The number of hydrogen-bond donors (Lipinski definition) is 2. The van der Waals surface area contributed by atoms with E-state index in [1.54, 1.807) is 31.9 Å². The number of hydrogen-bond acceptors (Lipinski definition) is 6. The van der Waals surface area contributed by atoms with Crippen LogP contribution in [0.1, 0.15) is 36.8 Å². The zero-order valence-corrected chi connectivity index (χ0v) is 17.8. The molecule has 7 nitrogen and oxygen atoms in total. The number of fused-ring (bicyclic) bond motifs is 5. The molecule has 1 aromatic carbocycles. The lowest BCUT2D eigenvalue weighted by molar-refractivity contribution is 0.227. The summed E-state index contributed by atoms with van der Waals surface area (Å²) in [6, 6.07) is 6.34. The van der Waals surface area contributed by atoms with Crippen molar-refractivity contribution in [3.05, 3.63) is 65.0 Å². The molecule has 4 N–H and O–H groups in total. The first kappa shape index (κ1) is 20.6. The van der Waals surface area contributed by atoms with Crippen molar-refractivity contribution in [3.63, 3.8) is 0 Å². The molecule has 0 aliphatic carbocycles. The maximum Gasteiger partial charge on any atom is 0.166 e. The molecule has 2 aromatic heterocycles. The van der Waals surface area contributed by atoms with E-state index in [1.807, 2.05) is 24.5 Å². The second-order valence-corrected chi connectivity index (χ2v) is 7.45. The highest BCUT2D eigenvalue weighted by Gasteiger charge is 2.22. The van der Waals surface area contributed by atoms with Crippen LogP contribution in [0, 0.1) is 5.82 Å². The molecule has 8 heteroatoms. The van der Waals surface area contributed by atoms with Gasteiger partial charge in [0.1, 0.15) is 11.9 Å². The Bertz CT molecular complexity index is 1200. The fourth-order valence-electron chi connectivity index (χ4n) is 3.89. The van der Waals surface area contributed by atoms with Crippen LogP contribution in [0.3, 0.4) is 0 Å². The van der Waals surface area contributed by atoms with Crippen LogP contribution in [-0.2, 0) is 13.0 Å². The summed E-state index contributed by atoms with van der Waals surface area (Å²) in [5.41, 5.74) is 18.0. The van der Waals surface area contributed by atoms with Gasteiger partial charge in [-0.2, -0.15) is 0 Å². The normalized spacial score (nSPS) is 16.3. The summed E-state index contributed by atoms with van der Waals surface area (Å²) in [6.07, 6.45) is 5.44. The number of benzene rings is 1. The monoisotopic (exact) mass is 420 g/mol. The van der Waals surface area contributed by atoms with Crippen LogP contribution in [-0.4, -0.2) is 27.8 Å². The van der Waals surface area contributed by atoms with Crippen molar-refractivity contribution in [2.24, 2.45) is 10.7 Å². The lowest BCUT2D eigenvalue weighted by Crippen LogP contribution is -2.15. The number of nitrogens with zero attached hydrogens (tertiary/aromatic N) is 4. The molecule has 31 heavy (non-hydrogen) atoms. The molecule has 1 atom stereocenters. The Morgan fingerprint density at radius 2 is 2.10 bits per heavy atom. The van der Waals surface area contributed by atoms with Crippen LogP contribution >= 0.6 is 0 Å². The van der Waals surface area contributed by atoms with Crippen molar-refractivity contribution in [1.82, 2.24) is 14.5 Å². The standard InChI is InChI=1S/C23H25FN6O/c1-4-19-22-14-7-20(23(26)28-10-14)31-13(2)18-8-16(24)5-6-17(18)21(25)15(9-27-3)11-30(22)12-29-19/h5-10,12-13H,4,11,25H2,1-3H3,(H2,26,28). The molecule has 3 heterocycles. The quantitative estimate of drug-likeness (QED) is 0.615. The molecule has 4 rings (SSSR count). The maximum absolute atomic E-state index is 14.1. The van der Waals surface area contributed by atoms with E-state index in [2.05, 4.69) is 15.0 Å². The maximum atomic E-state index is 14.1. The fourth-order valence-corrected chi connectivity index (χ4v) is 3.89. The molecule has 0 radical (unpaired) electrons. The van der Waals surface area contributed by atoms with E-state index in [9.17, 15) is 4.39 Å². The van der Waals surface area contributed by atoms with E-state index in [4.69, 9.17) is 16.2 Å². The van der Waals surface area contributed by atoms with Crippen LogP contribution in [0.4, 0.5) is 10.2 Å². The Balaban J connectivity index is 2.03. The second kappa shape index (κ2) is 8.22. The van der Waals surface area contributed by atoms with Gasteiger partial charge in [-0.05, 0) is 37.6 Å². The molecular formula is C23H25FN6O.